The number of halogens is 1. The summed E-state index contributed by atoms with van der Waals surface area (Å²) in [7, 11) is 0. The van der Waals surface area contributed by atoms with E-state index in [1.54, 1.807) is 29.5 Å². The van der Waals surface area contributed by atoms with E-state index >= 15 is 0 Å². The fraction of sp³-hybridized carbons (Fsp3) is 0.0625. The Balaban J connectivity index is 1.51. The lowest BCUT2D eigenvalue weighted by Gasteiger charge is -1.99. The van der Waals surface area contributed by atoms with Gasteiger partial charge < -0.3 is 5.11 Å². The molecular formula is C16H12BrN3O2S2. The molecule has 0 unspecified atom stereocenters. The molecule has 0 atom stereocenters. The topological polar surface area (TPSA) is 74.6 Å². The first-order valence-electron chi connectivity index (χ1n) is 6.90. The van der Waals surface area contributed by atoms with Crippen molar-refractivity contribution in [3.05, 3.63) is 52.5 Å². The zero-order valence-corrected chi connectivity index (χ0v) is 15.5. The minimum atomic E-state index is -0.201. The summed E-state index contributed by atoms with van der Waals surface area (Å²) in [5.41, 5.74) is 4.19. The zero-order valence-electron chi connectivity index (χ0n) is 12.3. The molecule has 0 aliphatic carbocycles. The molecule has 24 heavy (non-hydrogen) atoms. The molecule has 8 heteroatoms. The lowest BCUT2D eigenvalue weighted by atomic mass is 10.2. The van der Waals surface area contributed by atoms with Gasteiger partial charge in [-0.25, -0.2) is 10.4 Å². The summed E-state index contributed by atoms with van der Waals surface area (Å²) in [6, 6.07) is 12.8. The number of nitrogens with zero attached hydrogens (tertiary/aromatic N) is 2. The van der Waals surface area contributed by atoms with Crippen molar-refractivity contribution in [1.82, 2.24) is 10.4 Å². The maximum Gasteiger partial charge on any atom is 0.250 e. The standard InChI is InChI=1S/C16H12BrN3O2S2/c17-11-7-10(5-6-13(11)21)8-18-20-15(22)9-23-16-19-12-3-1-2-4-14(12)24-16/h1-8,21H,9H2,(H,20,22)/b18-8-. The molecule has 3 rings (SSSR count). The number of aromatic hydroxyl groups is 1. The van der Waals surface area contributed by atoms with Crippen LogP contribution in [0.1, 0.15) is 5.56 Å². The van der Waals surface area contributed by atoms with Gasteiger partial charge in [0.15, 0.2) is 4.34 Å². The number of rotatable bonds is 5. The van der Waals surface area contributed by atoms with Crippen LogP contribution in [0.5, 0.6) is 5.75 Å². The van der Waals surface area contributed by atoms with Crippen LogP contribution in [0.15, 0.2) is 56.4 Å². The van der Waals surface area contributed by atoms with E-state index in [0.717, 1.165) is 20.1 Å². The fourth-order valence-electron chi connectivity index (χ4n) is 1.85. The number of carbonyl (C=O) groups excluding carboxylic acids is 1. The maximum absolute atomic E-state index is 11.8. The summed E-state index contributed by atoms with van der Waals surface area (Å²) >= 11 is 6.18. The number of nitrogens with one attached hydrogen (secondary N) is 1. The molecule has 0 radical (unpaired) electrons. The summed E-state index contributed by atoms with van der Waals surface area (Å²) in [6.07, 6.45) is 1.52. The van der Waals surface area contributed by atoms with Gasteiger partial charge >= 0.3 is 0 Å². The molecule has 0 spiro atoms. The molecule has 2 N–H and O–H groups in total. The van der Waals surface area contributed by atoms with Gasteiger partial charge in [0.25, 0.3) is 5.91 Å². The summed E-state index contributed by atoms with van der Waals surface area (Å²) in [6.45, 7) is 0. The Labute approximate surface area is 154 Å². The van der Waals surface area contributed by atoms with Crippen LogP contribution in [-0.4, -0.2) is 28.0 Å². The first kappa shape index (κ1) is 16.9. The molecule has 0 saturated heterocycles. The average molecular weight is 422 g/mol. The molecule has 0 aliphatic heterocycles. The number of amides is 1. The van der Waals surface area contributed by atoms with Crippen LogP contribution in [0.2, 0.25) is 0 Å². The quantitative estimate of drug-likeness (QED) is 0.370. The predicted octanol–water partition coefficient (Wildman–Crippen LogP) is 4.01. The number of fused-ring (bicyclic) bond motifs is 1. The van der Waals surface area contributed by atoms with Crippen LogP contribution in [0.25, 0.3) is 10.2 Å². The van der Waals surface area contributed by atoms with Crippen LogP contribution in [0, 0.1) is 0 Å². The Hall–Kier alpha value is -1.90. The summed E-state index contributed by atoms with van der Waals surface area (Å²) in [5.74, 6) is 0.202. The zero-order chi connectivity index (χ0) is 16.9. The molecule has 0 saturated carbocycles. The number of carbonyl (C=O) groups is 1. The molecule has 0 aliphatic rings. The third kappa shape index (κ3) is 4.34. The highest BCUT2D eigenvalue weighted by atomic mass is 79.9. The average Bonchev–Trinajstić information content (AvgIpc) is 2.99. The molecule has 0 bridgehead atoms. The highest BCUT2D eigenvalue weighted by Crippen LogP contribution is 2.29. The van der Waals surface area contributed by atoms with Crippen molar-refractivity contribution >= 4 is 61.4 Å². The molecule has 1 amide bonds. The molecule has 1 heterocycles. The highest BCUT2D eigenvalue weighted by Gasteiger charge is 2.07. The van der Waals surface area contributed by atoms with Crippen molar-refractivity contribution in [2.75, 3.05) is 5.75 Å². The number of phenolic OH excluding ortho intramolecular Hbond substituents is 1. The van der Waals surface area contributed by atoms with E-state index in [0.29, 0.717) is 4.47 Å². The van der Waals surface area contributed by atoms with Crippen LogP contribution in [0.3, 0.4) is 0 Å². The van der Waals surface area contributed by atoms with E-state index < -0.39 is 0 Å². The van der Waals surface area contributed by atoms with Gasteiger partial charge in [-0.15, -0.1) is 11.3 Å². The number of hydrazone groups is 1. The number of hydrogen-bond acceptors (Lipinski definition) is 6. The second kappa shape index (κ2) is 7.78. The molecule has 0 fully saturated rings. The predicted molar refractivity (Wildman–Crippen MR) is 102 cm³/mol. The first-order chi connectivity index (χ1) is 11.6. The van der Waals surface area contributed by atoms with E-state index in [1.807, 2.05) is 24.3 Å². The van der Waals surface area contributed by atoms with Gasteiger partial charge in [0.2, 0.25) is 0 Å². The first-order valence-corrected chi connectivity index (χ1v) is 9.50. The minimum absolute atomic E-state index is 0.156. The van der Waals surface area contributed by atoms with E-state index in [9.17, 15) is 9.90 Å². The number of hydrogen-bond donors (Lipinski definition) is 2. The Morgan fingerprint density at radius 2 is 2.21 bits per heavy atom. The lowest BCUT2D eigenvalue weighted by molar-refractivity contribution is -0.118. The lowest BCUT2D eigenvalue weighted by Crippen LogP contribution is -2.19. The number of phenols is 1. The van der Waals surface area contributed by atoms with Crippen molar-refractivity contribution in [2.45, 2.75) is 4.34 Å². The number of benzene rings is 2. The van der Waals surface area contributed by atoms with Crippen LogP contribution >= 0.6 is 39.0 Å². The van der Waals surface area contributed by atoms with Gasteiger partial charge in [-0.05, 0) is 51.8 Å². The molecular weight excluding hydrogens is 410 g/mol. The Morgan fingerprint density at radius 1 is 1.38 bits per heavy atom. The van der Waals surface area contributed by atoms with Gasteiger partial charge in [0.05, 0.1) is 26.7 Å². The van der Waals surface area contributed by atoms with Gasteiger partial charge in [-0.3, -0.25) is 4.79 Å². The second-order valence-electron chi connectivity index (χ2n) is 4.74. The Kier molecular flexibility index (Phi) is 5.49. The molecule has 3 aromatic rings. The van der Waals surface area contributed by atoms with Crippen molar-refractivity contribution in [1.29, 1.82) is 0 Å². The van der Waals surface area contributed by atoms with Gasteiger partial charge in [-0.1, -0.05) is 23.9 Å². The van der Waals surface area contributed by atoms with Crippen molar-refractivity contribution in [2.24, 2.45) is 5.10 Å². The van der Waals surface area contributed by atoms with Gasteiger partial charge in [-0.2, -0.15) is 5.10 Å². The number of thiazole rings is 1. The smallest absolute Gasteiger partial charge is 0.250 e. The summed E-state index contributed by atoms with van der Waals surface area (Å²) in [4.78, 5) is 16.3. The van der Waals surface area contributed by atoms with Crippen LogP contribution in [0.4, 0.5) is 0 Å². The van der Waals surface area contributed by atoms with E-state index in [2.05, 4.69) is 31.4 Å². The third-order valence-electron chi connectivity index (χ3n) is 2.98. The van der Waals surface area contributed by atoms with Crippen LogP contribution in [-0.2, 0) is 4.79 Å². The molecule has 5 nitrogen and oxygen atoms in total. The monoisotopic (exact) mass is 421 g/mol. The van der Waals surface area contributed by atoms with Gasteiger partial charge in [0, 0.05) is 0 Å². The largest absolute Gasteiger partial charge is 0.507 e. The van der Waals surface area contributed by atoms with Crippen LogP contribution < -0.4 is 5.43 Å². The molecule has 2 aromatic carbocycles. The fourth-order valence-corrected chi connectivity index (χ4v) is 4.11. The van der Waals surface area contributed by atoms with Gasteiger partial charge in [0.1, 0.15) is 5.75 Å². The van der Waals surface area contributed by atoms with Crippen molar-refractivity contribution in [3.63, 3.8) is 0 Å². The summed E-state index contributed by atoms with van der Waals surface area (Å²) in [5, 5.41) is 13.3. The minimum Gasteiger partial charge on any atom is -0.507 e. The number of thioether (sulfide) groups is 1. The Morgan fingerprint density at radius 3 is 3.00 bits per heavy atom. The maximum atomic E-state index is 11.8. The van der Waals surface area contributed by atoms with E-state index in [4.69, 9.17) is 0 Å². The van der Waals surface area contributed by atoms with E-state index in [-0.39, 0.29) is 17.4 Å². The Bertz CT molecular complexity index is 878. The summed E-state index contributed by atoms with van der Waals surface area (Å²) < 4.78 is 2.54. The van der Waals surface area contributed by atoms with E-state index in [1.165, 1.54) is 18.0 Å². The number of para-hydroxylation sites is 1. The number of aromatic nitrogens is 1. The second-order valence-corrected chi connectivity index (χ2v) is 7.85. The SMILES string of the molecule is O=C(CSc1nc2ccccc2s1)N/N=C\c1ccc(O)c(Br)c1. The van der Waals surface area contributed by atoms with Crippen molar-refractivity contribution in [3.8, 4) is 5.75 Å². The van der Waals surface area contributed by atoms with Crippen molar-refractivity contribution < 1.29 is 9.90 Å². The normalized spacial score (nSPS) is 11.2. The molecule has 1 aromatic heterocycles. The third-order valence-corrected chi connectivity index (χ3v) is 5.79. The molecule has 122 valence electrons. The highest BCUT2D eigenvalue weighted by molar-refractivity contribution is 9.10.